The monoisotopic (exact) mass is 268 g/mol. The molecular formula is C13H14ClFN2O. The molecule has 3 nitrogen and oxygen atoms in total. The highest BCUT2D eigenvalue weighted by Crippen LogP contribution is 2.20. The number of aromatic nitrogens is 1. The van der Waals surface area contributed by atoms with Gasteiger partial charge in [0.1, 0.15) is 11.6 Å². The second kappa shape index (κ2) is 5.50. The van der Waals surface area contributed by atoms with Gasteiger partial charge in [-0.15, -0.1) is 0 Å². The van der Waals surface area contributed by atoms with Gasteiger partial charge in [0.05, 0.1) is 17.3 Å². The van der Waals surface area contributed by atoms with E-state index in [1.54, 1.807) is 18.3 Å². The van der Waals surface area contributed by atoms with Gasteiger partial charge in [-0.25, -0.2) is 9.37 Å². The Morgan fingerprint density at radius 1 is 1.50 bits per heavy atom. The molecule has 1 aromatic heterocycles. The van der Waals surface area contributed by atoms with Gasteiger partial charge in [0, 0.05) is 6.54 Å². The van der Waals surface area contributed by atoms with Crippen LogP contribution >= 0.6 is 11.6 Å². The third-order valence-electron chi connectivity index (χ3n) is 2.64. The number of aryl methyl sites for hydroxylation is 1. The minimum absolute atomic E-state index is 0.0574. The molecule has 1 aromatic carbocycles. The third-order valence-corrected chi connectivity index (χ3v) is 3.06. The zero-order chi connectivity index (χ0) is 13.1. The molecule has 0 bridgehead atoms. The zero-order valence-corrected chi connectivity index (χ0v) is 11.0. The fraction of sp³-hybridized carbons (Fsp3) is 0.308. The van der Waals surface area contributed by atoms with E-state index in [-0.39, 0.29) is 11.1 Å². The Balaban J connectivity index is 2.01. The Bertz CT molecular complexity index is 542. The molecule has 0 aliphatic heterocycles. The van der Waals surface area contributed by atoms with Crippen LogP contribution in [0.15, 0.2) is 28.8 Å². The molecule has 5 heteroatoms. The molecule has 0 saturated heterocycles. The van der Waals surface area contributed by atoms with Gasteiger partial charge in [0.25, 0.3) is 0 Å². The summed E-state index contributed by atoms with van der Waals surface area (Å²) in [5, 5.41) is 3.34. The number of rotatable bonds is 4. The summed E-state index contributed by atoms with van der Waals surface area (Å²) in [5.74, 6) is 0.970. The van der Waals surface area contributed by atoms with Crippen LogP contribution in [-0.2, 0) is 6.54 Å². The topological polar surface area (TPSA) is 38.1 Å². The number of halogens is 2. The van der Waals surface area contributed by atoms with Crippen molar-refractivity contribution in [2.75, 3.05) is 0 Å². The Kier molecular flexibility index (Phi) is 3.99. The van der Waals surface area contributed by atoms with Crippen LogP contribution in [0.25, 0.3) is 0 Å². The van der Waals surface area contributed by atoms with Gasteiger partial charge in [-0.3, -0.25) is 0 Å². The number of hydrogen-bond acceptors (Lipinski definition) is 3. The Labute approximate surface area is 110 Å². The quantitative estimate of drug-likeness (QED) is 0.920. The van der Waals surface area contributed by atoms with Crippen molar-refractivity contribution in [1.82, 2.24) is 10.3 Å². The predicted molar refractivity (Wildman–Crippen MR) is 67.9 cm³/mol. The van der Waals surface area contributed by atoms with Crippen LogP contribution in [0.4, 0.5) is 4.39 Å². The summed E-state index contributed by atoms with van der Waals surface area (Å²) >= 11 is 5.87. The van der Waals surface area contributed by atoms with E-state index in [2.05, 4.69) is 10.3 Å². The SMILES string of the molecule is Cc1cnc(C(C)NCc2cccc(F)c2Cl)o1. The van der Waals surface area contributed by atoms with Crippen LogP contribution in [0.2, 0.25) is 5.02 Å². The first kappa shape index (κ1) is 13.1. The first-order valence-electron chi connectivity index (χ1n) is 5.66. The van der Waals surface area contributed by atoms with Crippen molar-refractivity contribution in [1.29, 1.82) is 0 Å². The largest absolute Gasteiger partial charge is 0.444 e. The van der Waals surface area contributed by atoms with Crippen molar-refractivity contribution in [3.8, 4) is 0 Å². The average Bonchev–Trinajstić information content (AvgIpc) is 2.77. The average molecular weight is 269 g/mol. The minimum atomic E-state index is -0.407. The van der Waals surface area contributed by atoms with Crippen LogP contribution in [0.3, 0.4) is 0 Å². The van der Waals surface area contributed by atoms with Crippen molar-refractivity contribution in [3.05, 3.63) is 52.5 Å². The second-order valence-corrected chi connectivity index (χ2v) is 4.50. The lowest BCUT2D eigenvalue weighted by atomic mass is 10.2. The molecule has 0 spiro atoms. The third kappa shape index (κ3) is 2.89. The summed E-state index contributed by atoms with van der Waals surface area (Å²) in [6.07, 6.45) is 1.67. The predicted octanol–water partition coefficient (Wildman–Crippen LogP) is 3.63. The fourth-order valence-electron chi connectivity index (χ4n) is 1.61. The van der Waals surface area contributed by atoms with Gasteiger partial charge < -0.3 is 9.73 Å². The van der Waals surface area contributed by atoms with Gasteiger partial charge in [0.2, 0.25) is 5.89 Å². The Morgan fingerprint density at radius 3 is 2.94 bits per heavy atom. The summed E-state index contributed by atoms with van der Waals surface area (Å²) in [6, 6.07) is 4.70. The highest BCUT2D eigenvalue weighted by atomic mass is 35.5. The first-order chi connectivity index (χ1) is 8.58. The van der Waals surface area contributed by atoms with E-state index >= 15 is 0 Å². The molecule has 1 atom stereocenters. The van der Waals surface area contributed by atoms with E-state index in [0.29, 0.717) is 18.0 Å². The second-order valence-electron chi connectivity index (χ2n) is 4.12. The van der Waals surface area contributed by atoms with Crippen LogP contribution in [-0.4, -0.2) is 4.98 Å². The van der Waals surface area contributed by atoms with Crippen molar-refractivity contribution in [2.45, 2.75) is 26.4 Å². The maximum atomic E-state index is 13.2. The van der Waals surface area contributed by atoms with Crippen molar-refractivity contribution in [2.24, 2.45) is 0 Å². The van der Waals surface area contributed by atoms with Crippen LogP contribution in [0, 0.1) is 12.7 Å². The summed E-state index contributed by atoms with van der Waals surface area (Å²) in [7, 11) is 0. The molecule has 0 radical (unpaired) electrons. The van der Waals surface area contributed by atoms with Gasteiger partial charge in [-0.2, -0.15) is 0 Å². The Morgan fingerprint density at radius 2 is 2.28 bits per heavy atom. The molecule has 96 valence electrons. The van der Waals surface area contributed by atoms with Gasteiger partial charge >= 0.3 is 0 Å². The molecule has 1 heterocycles. The summed E-state index contributed by atoms with van der Waals surface area (Å²) in [5.41, 5.74) is 0.715. The van der Waals surface area contributed by atoms with Gasteiger partial charge in [-0.05, 0) is 25.5 Å². The molecule has 0 saturated carbocycles. The summed E-state index contributed by atoms with van der Waals surface area (Å²) < 4.78 is 18.6. The van der Waals surface area contributed by atoms with Gasteiger partial charge in [0.15, 0.2) is 0 Å². The molecule has 0 aliphatic rings. The number of oxazole rings is 1. The highest BCUT2D eigenvalue weighted by Gasteiger charge is 2.12. The van der Waals surface area contributed by atoms with Crippen molar-refractivity contribution >= 4 is 11.6 Å². The van der Waals surface area contributed by atoms with E-state index in [4.69, 9.17) is 16.0 Å². The summed E-state index contributed by atoms with van der Waals surface area (Å²) in [4.78, 5) is 4.13. The first-order valence-corrected chi connectivity index (χ1v) is 6.04. The van der Waals surface area contributed by atoms with E-state index in [9.17, 15) is 4.39 Å². The number of benzene rings is 1. The molecule has 0 amide bonds. The minimum Gasteiger partial charge on any atom is -0.444 e. The van der Waals surface area contributed by atoms with E-state index < -0.39 is 5.82 Å². The van der Waals surface area contributed by atoms with Crippen molar-refractivity contribution in [3.63, 3.8) is 0 Å². The molecule has 1 unspecified atom stereocenters. The van der Waals surface area contributed by atoms with Crippen LogP contribution in [0.1, 0.15) is 30.2 Å². The lowest BCUT2D eigenvalue weighted by Gasteiger charge is -2.11. The van der Waals surface area contributed by atoms with Crippen molar-refractivity contribution < 1.29 is 8.81 Å². The zero-order valence-electron chi connectivity index (χ0n) is 10.2. The lowest BCUT2D eigenvalue weighted by Crippen LogP contribution is -2.18. The summed E-state index contributed by atoms with van der Waals surface area (Å²) in [6.45, 7) is 4.23. The number of hydrogen-bond donors (Lipinski definition) is 1. The Hall–Kier alpha value is -1.39. The van der Waals surface area contributed by atoms with Gasteiger partial charge in [-0.1, -0.05) is 23.7 Å². The molecule has 2 rings (SSSR count). The molecule has 0 fully saturated rings. The fourth-order valence-corrected chi connectivity index (χ4v) is 1.80. The molecule has 1 N–H and O–H groups in total. The highest BCUT2D eigenvalue weighted by molar-refractivity contribution is 6.31. The standard InChI is InChI=1S/C13H14ClFN2O/c1-8-6-17-13(18-8)9(2)16-7-10-4-3-5-11(15)12(10)14/h3-6,9,16H,7H2,1-2H3. The van der Waals surface area contributed by atoms with E-state index in [1.165, 1.54) is 6.07 Å². The maximum Gasteiger partial charge on any atom is 0.211 e. The molecule has 18 heavy (non-hydrogen) atoms. The lowest BCUT2D eigenvalue weighted by molar-refractivity contribution is 0.402. The molecular weight excluding hydrogens is 255 g/mol. The van der Waals surface area contributed by atoms with Crippen LogP contribution in [0.5, 0.6) is 0 Å². The molecule has 2 aromatic rings. The number of nitrogens with zero attached hydrogens (tertiary/aromatic N) is 1. The van der Waals surface area contributed by atoms with E-state index in [1.807, 2.05) is 13.8 Å². The smallest absolute Gasteiger partial charge is 0.211 e. The van der Waals surface area contributed by atoms with E-state index in [0.717, 1.165) is 5.76 Å². The maximum absolute atomic E-state index is 13.2. The number of nitrogens with one attached hydrogen (secondary N) is 1. The van der Waals surface area contributed by atoms with Crippen LogP contribution < -0.4 is 5.32 Å². The normalized spacial score (nSPS) is 12.7. The molecule has 0 aliphatic carbocycles.